The molecule has 2 rings (SSSR count). The zero-order valence-electron chi connectivity index (χ0n) is 9.92. The third-order valence-corrected chi connectivity index (χ3v) is 2.92. The highest BCUT2D eigenvalue weighted by molar-refractivity contribution is 5.97. The summed E-state index contributed by atoms with van der Waals surface area (Å²) in [5.41, 5.74) is 0.0152. The van der Waals surface area contributed by atoms with Crippen LogP contribution in [0.25, 0.3) is 0 Å². The molecule has 1 N–H and O–H groups in total. The Bertz CT molecular complexity index is 411. The Morgan fingerprint density at radius 2 is 1.83 bits per heavy atom. The number of Topliss-reactive ketones (excluding diaryl/α,β-unsaturated/α-hetero) is 1. The standard InChI is InChI=1S/C13H15F2NO2/c14-10-5-9(6-11(15)7-10)13(17)8-18-12-1-3-16-4-2-12/h5-7,12,16H,1-4,8H2. The van der Waals surface area contributed by atoms with Gasteiger partial charge in [0.2, 0.25) is 0 Å². The van der Waals surface area contributed by atoms with Crippen LogP contribution < -0.4 is 5.32 Å². The number of ether oxygens (including phenoxy) is 1. The number of hydrogen-bond donors (Lipinski definition) is 1. The molecule has 0 bridgehead atoms. The van der Waals surface area contributed by atoms with E-state index in [1.54, 1.807) is 0 Å². The number of carbonyl (C=O) groups excluding carboxylic acids is 1. The summed E-state index contributed by atoms with van der Waals surface area (Å²) >= 11 is 0. The molecule has 1 aromatic carbocycles. The third kappa shape index (κ3) is 3.58. The predicted molar refractivity (Wildman–Crippen MR) is 62.5 cm³/mol. The maximum Gasteiger partial charge on any atom is 0.188 e. The summed E-state index contributed by atoms with van der Waals surface area (Å²) in [4.78, 5) is 11.7. The van der Waals surface area contributed by atoms with Gasteiger partial charge in [-0.15, -0.1) is 0 Å². The lowest BCUT2D eigenvalue weighted by atomic mass is 10.1. The van der Waals surface area contributed by atoms with E-state index in [2.05, 4.69) is 5.32 Å². The van der Waals surface area contributed by atoms with Crippen molar-refractivity contribution in [2.24, 2.45) is 0 Å². The Morgan fingerprint density at radius 1 is 1.22 bits per heavy atom. The highest BCUT2D eigenvalue weighted by Crippen LogP contribution is 2.11. The van der Waals surface area contributed by atoms with Crippen molar-refractivity contribution in [2.45, 2.75) is 18.9 Å². The Labute approximate surface area is 104 Å². The SMILES string of the molecule is O=C(COC1CCNCC1)c1cc(F)cc(F)c1. The number of carbonyl (C=O) groups is 1. The minimum absolute atomic E-state index is 0.0152. The van der Waals surface area contributed by atoms with Crippen molar-refractivity contribution in [3.8, 4) is 0 Å². The zero-order chi connectivity index (χ0) is 13.0. The lowest BCUT2D eigenvalue weighted by Crippen LogP contribution is -2.33. The van der Waals surface area contributed by atoms with Gasteiger partial charge in [0.15, 0.2) is 5.78 Å². The third-order valence-electron chi connectivity index (χ3n) is 2.92. The number of rotatable bonds is 4. The molecule has 0 atom stereocenters. The van der Waals surface area contributed by atoms with Crippen molar-refractivity contribution in [1.29, 1.82) is 0 Å². The minimum Gasteiger partial charge on any atom is -0.370 e. The molecular weight excluding hydrogens is 240 g/mol. The molecule has 18 heavy (non-hydrogen) atoms. The van der Waals surface area contributed by atoms with Gasteiger partial charge in [-0.3, -0.25) is 4.79 Å². The number of piperidine rings is 1. The molecule has 3 nitrogen and oxygen atoms in total. The molecule has 0 aromatic heterocycles. The lowest BCUT2D eigenvalue weighted by Gasteiger charge is -2.22. The van der Waals surface area contributed by atoms with Crippen LogP contribution in [0.1, 0.15) is 23.2 Å². The van der Waals surface area contributed by atoms with E-state index in [0.29, 0.717) is 0 Å². The van der Waals surface area contributed by atoms with E-state index in [-0.39, 0.29) is 18.3 Å². The van der Waals surface area contributed by atoms with Crippen LogP contribution in [-0.2, 0) is 4.74 Å². The highest BCUT2D eigenvalue weighted by atomic mass is 19.1. The second-order valence-electron chi connectivity index (χ2n) is 4.34. The van der Waals surface area contributed by atoms with Crippen LogP contribution >= 0.6 is 0 Å². The first kappa shape index (κ1) is 13.1. The van der Waals surface area contributed by atoms with Gasteiger partial charge in [-0.2, -0.15) is 0 Å². The van der Waals surface area contributed by atoms with Gasteiger partial charge in [-0.25, -0.2) is 8.78 Å². The molecule has 1 heterocycles. The normalized spacial score (nSPS) is 16.8. The number of nitrogens with one attached hydrogen (secondary N) is 1. The Balaban J connectivity index is 1.90. The smallest absolute Gasteiger partial charge is 0.188 e. The molecular formula is C13H15F2NO2. The molecule has 1 saturated heterocycles. The fourth-order valence-electron chi connectivity index (χ4n) is 1.95. The van der Waals surface area contributed by atoms with E-state index in [1.807, 2.05) is 0 Å². The molecule has 0 spiro atoms. The second kappa shape index (κ2) is 6.02. The first-order chi connectivity index (χ1) is 8.65. The van der Waals surface area contributed by atoms with Gasteiger partial charge in [0.05, 0.1) is 6.10 Å². The lowest BCUT2D eigenvalue weighted by molar-refractivity contribution is 0.0317. The summed E-state index contributed by atoms with van der Waals surface area (Å²) in [5, 5.41) is 3.18. The Morgan fingerprint density at radius 3 is 2.44 bits per heavy atom. The number of hydrogen-bond acceptors (Lipinski definition) is 3. The Kier molecular flexibility index (Phi) is 4.38. The van der Waals surface area contributed by atoms with Crippen LogP contribution in [-0.4, -0.2) is 31.6 Å². The predicted octanol–water partition coefficient (Wildman–Crippen LogP) is 1.92. The van der Waals surface area contributed by atoms with E-state index >= 15 is 0 Å². The van der Waals surface area contributed by atoms with Crippen molar-refractivity contribution in [2.75, 3.05) is 19.7 Å². The monoisotopic (exact) mass is 255 g/mol. The summed E-state index contributed by atoms with van der Waals surface area (Å²) in [5.74, 6) is -1.90. The molecule has 0 saturated carbocycles. The van der Waals surface area contributed by atoms with Gasteiger partial charge in [0, 0.05) is 11.6 Å². The van der Waals surface area contributed by atoms with Crippen LogP contribution in [0.2, 0.25) is 0 Å². The van der Waals surface area contributed by atoms with E-state index in [9.17, 15) is 13.6 Å². The summed E-state index contributed by atoms with van der Waals surface area (Å²) in [7, 11) is 0. The van der Waals surface area contributed by atoms with Gasteiger partial charge in [-0.05, 0) is 38.1 Å². The van der Waals surface area contributed by atoms with Crippen molar-refractivity contribution in [3.05, 3.63) is 35.4 Å². The molecule has 0 amide bonds. The summed E-state index contributed by atoms with van der Waals surface area (Å²) < 4.78 is 31.3. The highest BCUT2D eigenvalue weighted by Gasteiger charge is 2.16. The zero-order valence-corrected chi connectivity index (χ0v) is 9.92. The molecule has 0 aliphatic carbocycles. The van der Waals surface area contributed by atoms with Gasteiger partial charge < -0.3 is 10.1 Å². The maximum atomic E-state index is 12.9. The van der Waals surface area contributed by atoms with Crippen LogP contribution in [0.15, 0.2) is 18.2 Å². The van der Waals surface area contributed by atoms with Crippen LogP contribution in [0.3, 0.4) is 0 Å². The largest absolute Gasteiger partial charge is 0.370 e. The molecule has 0 unspecified atom stereocenters. The summed E-state index contributed by atoms with van der Waals surface area (Å²) in [6.07, 6.45) is 1.75. The van der Waals surface area contributed by atoms with Crippen molar-refractivity contribution >= 4 is 5.78 Å². The van der Waals surface area contributed by atoms with Crippen LogP contribution in [0.4, 0.5) is 8.78 Å². The molecule has 1 aromatic rings. The maximum absolute atomic E-state index is 12.9. The molecule has 1 aliphatic rings. The van der Waals surface area contributed by atoms with E-state index in [0.717, 1.165) is 44.1 Å². The van der Waals surface area contributed by atoms with Gasteiger partial charge >= 0.3 is 0 Å². The molecule has 1 aliphatic heterocycles. The minimum atomic E-state index is -0.750. The number of halogens is 2. The number of benzene rings is 1. The fraction of sp³-hybridized carbons (Fsp3) is 0.462. The van der Waals surface area contributed by atoms with Crippen molar-refractivity contribution < 1.29 is 18.3 Å². The molecule has 1 fully saturated rings. The summed E-state index contributed by atoms with van der Waals surface area (Å²) in [6.45, 7) is 1.61. The fourth-order valence-corrected chi connectivity index (χ4v) is 1.95. The van der Waals surface area contributed by atoms with E-state index in [4.69, 9.17) is 4.74 Å². The topological polar surface area (TPSA) is 38.3 Å². The average Bonchev–Trinajstić information content (AvgIpc) is 2.36. The quantitative estimate of drug-likeness (QED) is 0.835. The summed E-state index contributed by atoms with van der Waals surface area (Å²) in [6, 6.07) is 2.79. The van der Waals surface area contributed by atoms with Crippen LogP contribution in [0.5, 0.6) is 0 Å². The van der Waals surface area contributed by atoms with E-state index < -0.39 is 17.4 Å². The number of ketones is 1. The van der Waals surface area contributed by atoms with Gasteiger partial charge in [0.1, 0.15) is 18.2 Å². The Hall–Kier alpha value is -1.33. The van der Waals surface area contributed by atoms with Crippen molar-refractivity contribution in [3.63, 3.8) is 0 Å². The molecule has 98 valence electrons. The first-order valence-electron chi connectivity index (χ1n) is 5.97. The first-order valence-corrected chi connectivity index (χ1v) is 5.97. The van der Waals surface area contributed by atoms with E-state index in [1.165, 1.54) is 0 Å². The molecule has 5 heteroatoms. The van der Waals surface area contributed by atoms with Gasteiger partial charge in [-0.1, -0.05) is 0 Å². The molecule has 0 radical (unpaired) electrons. The van der Waals surface area contributed by atoms with Crippen LogP contribution in [0, 0.1) is 11.6 Å². The van der Waals surface area contributed by atoms with Crippen molar-refractivity contribution in [1.82, 2.24) is 5.32 Å². The average molecular weight is 255 g/mol. The van der Waals surface area contributed by atoms with Gasteiger partial charge in [0.25, 0.3) is 0 Å². The second-order valence-corrected chi connectivity index (χ2v) is 4.34.